The molecule has 1 unspecified atom stereocenters. The number of carbonyl (C=O) groups excluding carboxylic acids is 3. The first-order chi connectivity index (χ1) is 27.4. The molecule has 0 fully saturated rings. The minimum atomic E-state index is -1.15. The number of hydrogen-bond donors (Lipinski definition) is 8. The van der Waals surface area contributed by atoms with Crippen LogP contribution >= 0.6 is 12.2 Å². The number of fused-ring (bicyclic) bond motifs is 2. The predicted octanol–water partition coefficient (Wildman–Crippen LogP) is 3.01. The molecule has 298 valence electrons. The van der Waals surface area contributed by atoms with Crippen LogP contribution in [0.2, 0.25) is 0 Å². The van der Waals surface area contributed by atoms with E-state index in [0.717, 1.165) is 5.56 Å². The lowest BCUT2D eigenvalue weighted by atomic mass is 9.89. The Bertz CT molecular complexity index is 2250. The van der Waals surface area contributed by atoms with Crippen molar-refractivity contribution in [2.24, 2.45) is 0 Å². The van der Waals surface area contributed by atoms with E-state index < -0.39 is 17.9 Å². The van der Waals surface area contributed by atoms with E-state index in [1.165, 1.54) is 25.1 Å². The summed E-state index contributed by atoms with van der Waals surface area (Å²) in [4.78, 5) is 49.4. The topological polar surface area (TPSA) is 208 Å². The summed E-state index contributed by atoms with van der Waals surface area (Å²) in [5, 5.41) is 46.0. The fourth-order valence-electron chi connectivity index (χ4n) is 6.17. The molecule has 14 nitrogen and oxygen atoms in total. The second kappa shape index (κ2) is 19.9. The van der Waals surface area contributed by atoms with E-state index in [1.807, 2.05) is 12.1 Å². The first-order valence-corrected chi connectivity index (χ1v) is 18.7. The maximum atomic E-state index is 13.1. The molecule has 0 aromatic heterocycles. The van der Waals surface area contributed by atoms with Crippen molar-refractivity contribution in [1.29, 1.82) is 0 Å². The number of carbonyl (C=O) groups is 4. The van der Waals surface area contributed by atoms with Crippen molar-refractivity contribution in [2.75, 3.05) is 38.2 Å². The number of phenolic OH excluding ortho intramolecular Hbond substituents is 2. The summed E-state index contributed by atoms with van der Waals surface area (Å²) in [5.41, 5.74) is 3.10. The van der Waals surface area contributed by atoms with Gasteiger partial charge in [0, 0.05) is 54.7 Å². The molecule has 0 bridgehead atoms. The third-order valence-corrected chi connectivity index (χ3v) is 9.15. The zero-order valence-corrected chi connectivity index (χ0v) is 32.2. The summed E-state index contributed by atoms with van der Waals surface area (Å²) in [6, 6.07) is 20.9. The summed E-state index contributed by atoms with van der Waals surface area (Å²) in [7, 11) is 0. The molecule has 0 saturated carbocycles. The number of thiocarbonyl (C=S) groups is 1. The number of phenols is 2. The quantitative estimate of drug-likeness (QED) is 0.0476. The number of nitrogens with one attached hydrogen (secondary N) is 5. The van der Waals surface area contributed by atoms with E-state index >= 15 is 0 Å². The van der Waals surface area contributed by atoms with Crippen LogP contribution in [0.15, 0.2) is 78.9 Å². The molecule has 1 aliphatic heterocycles. The van der Waals surface area contributed by atoms with E-state index in [0.29, 0.717) is 83.1 Å². The van der Waals surface area contributed by atoms with Gasteiger partial charge in [0.2, 0.25) is 17.7 Å². The second-order valence-electron chi connectivity index (χ2n) is 13.3. The number of aromatic hydroxyl groups is 2. The van der Waals surface area contributed by atoms with Gasteiger partial charge in [0.1, 0.15) is 35.6 Å². The Kier molecular flexibility index (Phi) is 14.6. The van der Waals surface area contributed by atoms with Crippen molar-refractivity contribution in [1.82, 2.24) is 21.3 Å². The van der Waals surface area contributed by atoms with Crippen LogP contribution in [0.5, 0.6) is 23.0 Å². The van der Waals surface area contributed by atoms with Gasteiger partial charge in [-0.2, -0.15) is 0 Å². The number of rotatable bonds is 18. The molecule has 1 heterocycles. The molecule has 3 amide bonds. The van der Waals surface area contributed by atoms with Crippen molar-refractivity contribution < 1.29 is 44.0 Å². The van der Waals surface area contributed by atoms with Crippen LogP contribution in [0.25, 0.3) is 12.2 Å². The van der Waals surface area contributed by atoms with Crippen molar-refractivity contribution in [2.45, 2.75) is 38.6 Å². The van der Waals surface area contributed by atoms with E-state index in [9.17, 15) is 34.5 Å². The first-order valence-electron chi connectivity index (χ1n) is 18.3. The van der Waals surface area contributed by atoms with Gasteiger partial charge in [-0.05, 0) is 96.7 Å². The van der Waals surface area contributed by atoms with Crippen LogP contribution in [-0.2, 0) is 25.5 Å². The molecule has 15 heteroatoms. The molecule has 0 saturated heterocycles. The summed E-state index contributed by atoms with van der Waals surface area (Å²) in [5.74, 6) is -1.14. The van der Waals surface area contributed by atoms with Gasteiger partial charge in [-0.1, -0.05) is 36.9 Å². The molecular formula is C42H45N5O9S. The summed E-state index contributed by atoms with van der Waals surface area (Å²) in [6.45, 7) is 6.22. The predicted molar refractivity (Wildman–Crippen MR) is 219 cm³/mol. The fraction of sp³-hybridized carbons (Fsp3) is 0.262. The van der Waals surface area contributed by atoms with Crippen molar-refractivity contribution in [3.8, 4) is 23.0 Å². The molecule has 1 aliphatic rings. The summed E-state index contributed by atoms with van der Waals surface area (Å²) in [6.07, 6.45) is 2.00. The van der Waals surface area contributed by atoms with E-state index in [-0.39, 0.29) is 53.7 Å². The highest BCUT2D eigenvalue weighted by Crippen LogP contribution is 2.39. The molecule has 57 heavy (non-hydrogen) atoms. The van der Waals surface area contributed by atoms with Crippen molar-refractivity contribution >= 4 is 58.9 Å². The van der Waals surface area contributed by atoms with Crippen LogP contribution in [0.4, 0.5) is 5.69 Å². The number of unbranched alkanes of at least 4 members (excludes halogenated alkanes) is 1. The number of ether oxygens (including phenoxy) is 2. The zero-order valence-electron chi connectivity index (χ0n) is 31.4. The number of aromatic carboxylic acids is 1. The average molecular weight is 796 g/mol. The smallest absolute Gasteiger partial charge is 0.336 e. The minimum absolute atomic E-state index is 0.00882. The Balaban J connectivity index is 1.17. The summed E-state index contributed by atoms with van der Waals surface area (Å²) >= 11 is 5.51. The molecular weight excluding hydrogens is 751 g/mol. The molecule has 5 rings (SSSR count). The largest absolute Gasteiger partial charge is 0.508 e. The van der Waals surface area contributed by atoms with Gasteiger partial charge < -0.3 is 51.4 Å². The standard InChI is InChI=1S/C42H45N5O9S/c1-25-6-13-32-36(21-25)56-37-23-30(50)12-15-33(37)39(32)31-14-9-28(22-34(31)41(53)54)46-42(57)45-17-4-3-5-35(47-38(51)24-55-20-19-43-26(2)48)40(52)44-18-16-27-7-10-29(49)11-8-27/h6-15,21-23,35,49-50H,1,3-5,16-20,24H2,2H3,(H,43,48)(H,44,52)(H,47,51)(H,53,54)(H2,45,46,57). The van der Waals surface area contributed by atoms with Crippen molar-refractivity contribution in [3.63, 3.8) is 0 Å². The molecule has 0 spiro atoms. The number of amides is 3. The Hall–Kier alpha value is -6.45. The Morgan fingerprint density at radius 3 is 2.33 bits per heavy atom. The maximum absolute atomic E-state index is 13.1. The SMILES string of the molecule is C=c1ccc2c(c1)Oc1cc(O)ccc1C=2c1ccc(NC(=S)NCCCCC(NC(=O)COCCNC(C)=O)C(=O)NCCc2ccc(O)cc2)cc1C(=O)O. The monoisotopic (exact) mass is 795 g/mol. The van der Waals surface area contributed by atoms with Gasteiger partial charge in [0.25, 0.3) is 0 Å². The van der Waals surface area contributed by atoms with Crippen LogP contribution in [0.3, 0.4) is 0 Å². The second-order valence-corrected chi connectivity index (χ2v) is 13.7. The lowest BCUT2D eigenvalue weighted by molar-refractivity contribution is -0.131. The third-order valence-electron chi connectivity index (χ3n) is 8.91. The molecule has 8 N–H and O–H groups in total. The zero-order chi connectivity index (χ0) is 40.9. The van der Waals surface area contributed by atoms with Crippen LogP contribution in [0, 0.1) is 0 Å². The molecule has 0 radical (unpaired) electrons. The number of carboxylic acid groups (broad SMARTS) is 1. The van der Waals surface area contributed by atoms with Crippen molar-refractivity contribution in [3.05, 3.63) is 112 Å². The number of benzene rings is 4. The highest BCUT2D eigenvalue weighted by atomic mass is 32.1. The van der Waals surface area contributed by atoms with Gasteiger partial charge in [-0.25, -0.2) is 4.79 Å². The molecule has 0 aliphatic carbocycles. The lowest BCUT2D eigenvalue weighted by Gasteiger charge is -2.22. The van der Waals surface area contributed by atoms with Crippen LogP contribution in [-0.4, -0.2) is 83.0 Å². The van der Waals surface area contributed by atoms with Gasteiger partial charge in [0.15, 0.2) is 5.11 Å². The van der Waals surface area contributed by atoms with E-state index in [4.69, 9.17) is 21.7 Å². The summed E-state index contributed by atoms with van der Waals surface area (Å²) < 4.78 is 11.4. The highest BCUT2D eigenvalue weighted by molar-refractivity contribution is 7.80. The maximum Gasteiger partial charge on any atom is 0.336 e. The number of hydrogen-bond acceptors (Lipinski definition) is 9. The molecule has 4 aromatic carbocycles. The fourth-order valence-corrected chi connectivity index (χ4v) is 6.39. The third kappa shape index (κ3) is 12.0. The Morgan fingerprint density at radius 2 is 1.58 bits per heavy atom. The van der Waals surface area contributed by atoms with E-state index in [2.05, 4.69) is 33.2 Å². The average Bonchev–Trinajstić information content (AvgIpc) is 3.16. The Labute approximate surface area is 334 Å². The van der Waals surface area contributed by atoms with Crippen LogP contribution < -0.4 is 41.8 Å². The van der Waals surface area contributed by atoms with Gasteiger partial charge in [0.05, 0.1) is 12.2 Å². The van der Waals surface area contributed by atoms with Crippen LogP contribution in [0.1, 0.15) is 53.2 Å². The number of anilines is 1. The Morgan fingerprint density at radius 1 is 0.825 bits per heavy atom. The van der Waals surface area contributed by atoms with Gasteiger partial charge in [-0.3, -0.25) is 14.4 Å². The minimum Gasteiger partial charge on any atom is -0.508 e. The first kappa shape index (κ1) is 41.7. The highest BCUT2D eigenvalue weighted by Gasteiger charge is 2.25. The molecule has 1 atom stereocenters. The normalized spacial score (nSPS) is 11.9. The number of carboxylic acids is 1. The van der Waals surface area contributed by atoms with Gasteiger partial charge >= 0.3 is 5.97 Å². The molecule has 4 aromatic rings. The van der Waals surface area contributed by atoms with Gasteiger partial charge in [-0.15, -0.1) is 0 Å². The van der Waals surface area contributed by atoms with E-state index in [1.54, 1.807) is 48.5 Å². The lowest BCUT2D eigenvalue weighted by Crippen LogP contribution is -2.48.